The van der Waals surface area contributed by atoms with Crippen LogP contribution in [0.4, 0.5) is 20.3 Å². The maximum atomic E-state index is 15.7. The number of pyridine rings is 1. The first-order valence-electron chi connectivity index (χ1n) is 10.8. The number of nitrogens with one attached hydrogen (secondary N) is 3. The number of aromatic nitrogens is 4. The Bertz CT molecular complexity index is 1470. The number of urea groups is 1. The molecular formula is C23H19FLiN7O5S. The van der Waals surface area contributed by atoms with Gasteiger partial charge in [-0.2, -0.15) is 0 Å². The van der Waals surface area contributed by atoms with Crippen LogP contribution in [0.15, 0.2) is 42.9 Å². The van der Waals surface area contributed by atoms with Gasteiger partial charge < -0.3 is 25.3 Å². The van der Waals surface area contributed by atoms with Gasteiger partial charge in [0.15, 0.2) is 17.0 Å². The van der Waals surface area contributed by atoms with E-state index in [1.807, 2.05) is 0 Å². The normalized spacial score (nSPS) is 11.2. The van der Waals surface area contributed by atoms with Crippen LogP contribution in [-0.2, 0) is 14.3 Å². The molecule has 0 radical (unpaired) electrons. The number of carbonyl (C=O) groups is 3. The Balaban J connectivity index is 0.00000400. The summed E-state index contributed by atoms with van der Waals surface area (Å²) in [6.07, 6.45) is 4.11. The number of halogens is 1. The Kier molecular flexibility index (Phi) is 9.29. The predicted octanol–water partition coefficient (Wildman–Crippen LogP) is -1.20. The number of rotatable bonds is 8. The number of nitrogens with zero attached hydrogens (tertiary/aromatic N) is 4. The molecule has 15 heteroatoms. The molecule has 4 aromatic rings. The summed E-state index contributed by atoms with van der Waals surface area (Å²) in [5, 5.41) is 18.9. The molecule has 0 saturated heterocycles. The number of fused-ring (bicyclic) bond motifs is 1. The van der Waals surface area contributed by atoms with Gasteiger partial charge in [0.1, 0.15) is 5.52 Å². The molecule has 1 unspecified atom stereocenters. The summed E-state index contributed by atoms with van der Waals surface area (Å²) in [5.74, 6) is -3.71. The first-order chi connectivity index (χ1) is 17.8. The molecule has 0 bridgehead atoms. The van der Waals surface area contributed by atoms with Crippen molar-refractivity contribution in [1.29, 1.82) is 0 Å². The fourth-order valence-electron chi connectivity index (χ4n) is 3.33. The number of aliphatic carboxylic acids is 1. The quantitative estimate of drug-likeness (QED) is 0.143. The van der Waals surface area contributed by atoms with Gasteiger partial charge in [0.25, 0.3) is 0 Å². The first kappa shape index (κ1) is 28.4. The number of carboxylic acid groups (broad SMARTS) is 1. The number of methoxy groups -OCH3 is 1. The minimum absolute atomic E-state index is 0. The molecule has 3 aromatic heterocycles. The van der Waals surface area contributed by atoms with E-state index in [-0.39, 0.29) is 46.6 Å². The molecule has 1 aromatic carbocycles. The molecule has 4 rings (SSSR count). The van der Waals surface area contributed by atoms with E-state index in [1.165, 1.54) is 12.4 Å². The van der Waals surface area contributed by atoms with Crippen molar-refractivity contribution in [1.82, 2.24) is 25.3 Å². The average molecular weight is 531 g/mol. The van der Waals surface area contributed by atoms with E-state index in [0.29, 0.717) is 22.5 Å². The van der Waals surface area contributed by atoms with Gasteiger partial charge in [-0.25, -0.2) is 28.9 Å². The van der Waals surface area contributed by atoms with E-state index < -0.39 is 29.8 Å². The summed E-state index contributed by atoms with van der Waals surface area (Å²) in [4.78, 5) is 51.5. The molecule has 12 nitrogen and oxygen atoms in total. The third-order valence-electron chi connectivity index (χ3n) is 5.01. The van der Waals surface area contributed by atoms with Crippen molar-refractivity contribution in [3.05, 3.63) is 48.7 Å². The zero-order valence-electron chi connectivity index (χ0n) is 20.4. The van der Waals surface area contributed by atoms with Crippen LogP contribution in [0, 0.1) is 5.82 Å². The SMILES string of the molecule is CCNC(=O)Nc1nc2c(F)c(-c3cnc(NC(C(=O)[O-])C(=O)OC)nc3)cc(-c3ccccn3)c2s1.[Li+]. The molecule has 0 aliphatic carbocycles. The largest absolute Gasteiger partial charge is 1.00 e. The van der Waals surface area contributed by atoms with Gasteiger partial charge in [-0.1, -0.05) is 17.4 Å². The maximum Gasteiger partial charge on any atom is 1.00 e. The topological polar surface area (TPSA) is 171 Å². The number of hydrogen-bond donors (Lipinski definition) is 3. The molecule has 0 aliphatic rings. The summed E-state index contributed by atoms with van der Waals surface area (Å²) in [5.41, 5.74) is 1.48. The van der Waals surface area contributed by atoms with E-state index in [0.717, 1.165) is 18.4 Å². The molecule has 190 valence electrons. The summed E-state index contributed by atoms with van der Waals surface area (Å²) in [6, 6.07) is 4.55. The minimum atomic E-state index is -1.83. The van der Waals surface area contributed by atoms with Gasteiger partial charge in [0.2, 0.25) is 5.95 Å². The molecule has 2 amide bonds. The van der Waals surface area contributed by atoms with E-state index >= 15 is 4.39 Å². The Morgan fingerprint density at radius 3 is 2.50 bits per heavy atom. The van der Waals surface area contributed by atoms with E-state index in [1.54, 1.807) is 37.4 Å². The summed E-state index contributed by atoms with van der Waals surface area (Å²) < 4.78 is 20.6. The van der Waals surface area contributed by atoms with Crippen LogP contribution in [0.3, 0.4) is 0 Å². The van der Waals surface area contributed by atoms with Crippen LogP contribution in [0.25, 0.3) is 32.6 Å². The summed E-state index contributed by atoms with van der Waals surface area (Å²) >= 11 is 1.10. The second-order valence-corrected chi connectivity index (χ2v) is 8.40. The van der Waals surface area contributed by atoms with E-state index in [4.69, 9.17) is 0 Å². The fourth-order valence-corrected chi connectivity index (χ4v) is 4.31. The van der Waals surface area contributed by atoms with Crippen LogP contribution in [0.1, 0.15) is 6.92 Å². The smallest absolute Gasteiger partial charge is 0.547 e. The monoisotopic (exact) mass is 531 g/mol. The van der Waals surface area contributed by atoms with Crippen LogP contribution in [0.5, 0.6) is 0 Å². The van der Waals surface area contributed by atoms with Crippen molar-refractivity contribution in [2.75, 3.05) is 24.3 Å². The number of carbonyl (C=O) groups excluding carboxylic acids is 3. The number of hydrogen-bond acceptors (Lipinski definition) is 11. The number of esters is 1. The van der Waals surface area contributed by atoms with Crippen LogP contribution in [0.2, 0.25) is 0 Å². The van der Waals surface area contributed by atoms with Crippen LogP contribution in [-0.4, -0.2) is 57.6 Å². The maximum absolute atomic E-state index is 15.7. The van der Waals surface area contributed by atoms with Crippen LogP contribution >= 0.6 is 11.3 Å². The van der Waals surface area contributed by atoms with Crippen molar-refractivity contribution < 1.29 is 47.5 Å². The molecule has 3 heterocycles. The number of anilines is 2. The summed E-state index contributed by atoms with van der Waals surface area (Å²) in [7, 11) is 1.03. The molecule has 3 N–H and O–H groups in total. The van der Waals surface area contributed by atoms with Gasteiger partial charge in [0.05, 0.1) is 23.5 Å². The number of carboxylic acids is 1. The predicted molar refractivity (Wildman–Crippen MR) is 131 cm³/mol. The zero-order valence-corrected chi connectivity index (χ0v) is 21.3. The number of thiazole rings is 1. The Morgan fingerprint density at radius 2 is 1.89 bits per heavy atom. The van der Waals surface area contributed by atoms with Gasteiger partial charge in [-0.3, -0.25) is 10.3 Å². The van der Waals surface area contributed by atoms with E-state index in [9.17, 15) is 19.5 Å². The number of amides is 2. The Labute approximate surface area is 231 Å². The average Bonchev–Trinajstić information content (AvgIpc) is 3.32. The second-order valence-electron chi connectivity index (χ2n) is 7.40. The third kappa shape index (κ3) is 6.05. The van der Waals surface area contributed by atoms with Crippen molar-refractivity contribution in [2.45, 2.75) is 13.0 Å². The van der Waals surface area contributed by atoms with Gasteiger partial charge in [-0.15, -0.1) is 0 Å². The first-order valence-corrected chi connectivity index (χ1v) is 11.6. The standard InChI is InChI=1S/C23H20FN7O5S.Li/c1-3-25-22(35)31-23-30-16-15(24)12(8-13(18(16)37-23)14-6-4-5-7-26-14)11-9-27-21(28-10-11)29-17(19(32)33)20(34)36-2;/h4-10,17H,3H2,1-2H3,(H,32,33)(H,27,28,29)(H2,25,30,31,35);/q;+1/p-1. The number of benzene rings is 1. The van der Waals surface area contributed by atoms with Crippen molar-refractivity contribution in [2.24, 2.45) is 0 Å². The van der Waals surface area contributed by atoms with E-state index in [2.05, 4.69) is 40.6 Å². The molecule has 0 fully saturated rings. The molecular weight excluding hydrogens is 512 g/mol. The Morgan fingerprint density at radius 1 is 1.16 bits per heavy atom. The fraction of sp³-hybridized carbons (Fsp3) is 0.174. The van der Waals surface area contributed by atoms with Gasteiger partial charge in [-0.05, 0) is 25.1 Å². The number of ether oxygens (including phenoxy) is 1. The molecule has 0 spiro atoms. The third-order valence-corrected chi connectivity index (χ3v) is 6.02. The summed E-state index contributed by atoms with van der Waals surface area (Å²) in [6.45, 7) is 2.17. The van der Waals surface area contributed by atoms with Gasteiger partial charge >= 0.3 is 30.9 Å². The van der Waals surface area contributed by atoms with Crippen LogP contribution < -0.4 is 39.9 Å². The Hall–Kier alpha value is -4.12. The van der Waals surface area contributed by atoms with Crippen molar-refractivity contribution >= 4 is 50.6 Å². The minimum Gasteiger partial charge on any atom is -0.547 e. The molecule has 0 aliphatic heterocycles. The molecule has 38 heavy (non-hydrogen) atoms. The van der Waals surface area contributed by atoms with Crippen molar-refractivity contribution in [3.63, 3.8) is 0 Å². The second kappa shape index (κ2) is 12.4. The molecule has 1 atom stereocenters. The van der Waals surface area contributed by atoms with Gasteiger partial charge in [0, 0.05) is 41.8 Å². The van der Waals surface area contributed by atoms with Crippen molar-refractivity contribution in [3.8, 4) is 22.4 Å². The molecule has 0 saturated carbocycles. The zero-order chi connectivity index (χ0) is 26.5.